The Kier molecular flexibility index (Phi) is 5.28. The smallest absolute Gasteiger partial charge is 0.332 e. The van der Waals surface area contributed by atoms with E-state index in [1.807, 2.05) is 0 Å². The molecule has 0 radical (unpaired) electrons. The molecule has 1 unspecified atom stereocenters. The highest BCUT2D eigenvalue weighted by molar-refractivity contribution is 7.93. The molecule has 0 spiro atoms. The van der Waals surface area contributed by atoms with Crippen LogP contribution in [0.15, 0.2) is 35.2 Å². The molecule has 0 saturated carbocycles. The number of hydrogen-bond donors (Lipinski definition) is 0. The van der Waals surface area contributed by atoms with Gasteiger partial charge < -0.3 is 4.74 Å². The number of ether oxygens (including phenoxy) is 1. The summed E-state index contributed by atoms with van der Waals surface area (Å²) >= 11 is 0. The molecule has 0 aliphatic heterocycles. The Labute approximate surface area is 125 Å². The third kappa shape index (κ3) is 3.91. The van der Waals surface area contributed by atoms with Gasteiger partial charge in [0.25, 0.3) is 0 Å². The second kappa shape index (κ2) is 6.39. The number of carbonyl (C=O) groups excluding carboxylic acids is 2. The second-order valence-electron chi connectivity index (χ2n) is 5.60. The van der Waals surface area contributed by atoms with Crippen LogP contribution in [0.5, 0.6) is 0 Å². The number of sulfone groups is 1. The zero-order valence-electron chi connectivity index (χ0n) is 12.6. The van der Waals surface area contributed by atoms with Crippen molar-refractivity contribution in [2.24, 2.45) is 5.41 Å². The van der Waals surface area contributed by atoms with E-state index in [4.69, 9.17) is 4.74 Å². The first-order valence-electron chi connectivity index (χ1n) is 6.62. The van der Waals surface area contributed by atoms with Gasteiger partial charge >= 0.3 is 5.97 Å². The molecule has 0 fully saturated rings. The van der Waals surface area contributed by atoms with Crippen molar-refractivity contribution in [3.63, 3.8) is 0 Å². The zero-order valence-corrected chi connectivity index (χ0v) is 13.4. The van der Waals surface area contributed by atoms with Gasteiger partial charge in [0.15, 0.2) is 15.6 Å². The highest BCUT2D eigenvalue weighted by atomic mass is 32.2. The molecule has 0 N–H and O–H groups in total. The summed E-state index contributed by atoms with van der Waals surface area (Å²) in [6, 6.07) is 7.45. The van der Waals surface area contributed by atoms with Crippen molar-refractivity contribution in [1.29, 1.82) is 0 Å². The van der Waals surface area contributed by atoms with Crippen LogP contribution in [-0.4, -0.2) is 32.0 Å². The Morgan fingerprint density at radius 3 is 2.10 bits per heavy atom. The van der Waals surface area contributed by atoms with Crippen LogP contribution in [0.2, 0.25) is 0 Å². The fourth-order valence-electron chi connectivity index (χ4n) is 1.73. The second-order valence-corrected chi connectivity index (χ2v) is 7.64. The van der Waals surface area contributed by atoms with Gasteiger partial charge in [-0.2, -0.15) is 0 Å². The van der Waals surface area contributed by atoms with Crippen molar-refractivity contribution in [2.45, 2.75) is 37.8 Å². The molecule has 0 aliphatic rings. The number of esters is 1. The summed E-state index contributed by atoms with van der Waals surface area (Å²) in [4.78, 5) is 24.4. The molecule has 1 rings (SSSR count). The van der Waals surface area contributed by atoms with Gasteiger partial charge in [0.1, 0.15) is 0 Å². The molecule has 0 heterocycles. The molecule has 6 heteroatoms. The first-order valence-corrected chi connectivity index (χ1v) is 8.17. The number of hydrogen-bond acceptors (Lipinski definition) is 5. The average Bonchev–Trinajstić information content (AvgIpc) is 2.38. The topological polar surface area (TPSA) is 77.5 Å². The molecule has 1 aromatic carbocycles. The normalized spacial score (nSPS) is 13.5. The van der Waals surface area contributed by atoms with Gasteiger partial charge in [-0.3, -0.25) is 9.59 Å². The fraction of sp³-hybridized carbons (Fsp3) is 0.467. The van der Waals surface area contributed by atoms with E-state index in [1.165, 1.54) is 24.3 Å². The highest BCUT2D eigenvalue weighted by Crippen LogP contribution is 2.25. The predicted octanol–water partition coefficient (Wildman–Crippen LogP) is 2.01. The minimum Gasteiger partial charge on any atom is -0.465 e. The third-order valence-corrected chi connectivity index (χ3v) is 4.82. The zero-order chi connectivity index (χ0) is 16.3. The standard InChI is InChI=1S/C15H20O5S/c1-5-20-14(17)12(13(16)15(2,3)4)21(18,19)11-9-7-6-8-10-11/h6-10,12H,5H2,1-4H3. The van der Waals surface area contributed by atoms with Crippen LogP contribution in [0.1, 0.15) is 27.7 Å². The lowest BCUT2D eigenvalue weighted by atomic mass is 9.89. The largest absolute Gasteiger partial charge is 0.465 e. The summed E-state index contributed by atoms with van der Waals surface area (Å²) in [6.07, 6.45) is 0. The maximum atomic E-state index is 12.6. The van der Waals surface area contributed by atoms with E-state index in [1.54, 1.807) is 33.8 Å². The van der Waals surface area contributed by atoms with Crippen LogP contribution in [0, 0.1) is 5.41 Å². The van der Waals surface area contributed by atoms with Crippen LogP contribution < -0.4 is 0 Å². The molecule has 1 atom stereocenters. The van der Waals surface area contributed by atoms with Gasteiger partial charge in [-0.15, -0.1) is 0 Å². The molecule has 5 nitrogen and oxygen atoms in total. The number of rotatable bonds is 5. The Hall–Kier alpha value is -1.69. The number of benzene rings is 1. The van der Waals surface area contributed by atoms with Crippen molar-refractivity contribution in [3.05, 3.63) is 30.3 Å². The van der Waals surface area contributed by atoms with Crippen molar-refractivity contribution >= 4 is 21.6 Å². The summed E-state index contributed by atoms with van der Waals surface area (Å²) in [5.74, 6) is -1.70. The Morgan fingerprint density at radius 2 is 1.67 bits per heavy atom. The van der Waals surface area contributed by atoms with E-state index in [9.17, 15) is 18.0 Å². The molecule has 1 aromatic rings. The molecule has 0 aliphatic carbocycles. The van der Waals surface area contributed by atoms with Crippen LogP contribution in [0.3, 0.4) is 0 Å². The lowest BCUT2D eigenvalue weighted by molar-refractivity contribution is -0.146. The van der Waals surface area contributed by atoms with Crippen LogP contribution >= 0.6 is 0 Å². The summed E-state index contributed by atoms with van der Waals surface area (Å²) in [5.41, 5.74) is -0.973. The summed E-state index contributed by atoms with van der Waals surface area (Å²) in [5, 5.41) is -1.83. The summed E-state index contributed by atoms with van der Waals surface area (Å²) in [7, 11) is -4.13. The fourth-order valence-corrected chi connectivity index (χ4v) is 3.50. The Morgan fingerprint density at radius 1 is 1.14 bits per heavy atom. The molecular formula is C15H20O5S. The van der Waals surface area contributed by atoms with E-state index < -0.39 is 32.3 Å². The van der Waals surface area contributed by atoms with E-state index >= 15 is 0 Å². The minimum atomic E-state index is -4.13. The average molecular weight is 312 g/mol. The first-order chi connectivity index (χ1) is 9.62. The van der Waals surface area contributed by atoms with E-state index in [-0.39, 0.29) is 11.5 Å². The predicted molar refractivity (Wildman–Crippen MR) is 78.5 cm³/mol. The quantitative estimate of drug-likeness (QED) is 0.614. The van der Waals surface area contributed by atoms with Crippen molar-refractivity contribution in [2.75, 3.05) is 6.61 Å². The monoisotopic (exact) mass is 312 g/mol. The van der Waals surface area contributed by atoms with Gasteiger partial charge in [-0.05, 0) is 19.1 Å². The Bertz CT molecular complexity index is 611. The molecule has 0 saturated heterocycles. The molecule has 0 bridgehead atoms. The number of Topliss-reactive ketones (excluding diaryl/α,β-unsaturated/α-hetero) is 1. The van der Waals surface area contributed by atoms with E-state index in [0.29, 0.717) is 0 Å². The van der Waals surface area contributed by atoms with Gasteiger partial charge in [0.2, 0.25) is 5.25 Å². The lowest BCUT2D eigenvalue weighted by Gasteiger charge is -2.23. The molecular weight excluding hydrogens is 292 g/mol. The van der Waals surface area contributed by atoms with Crippen molar-refractivity contribution in [1.82, 2.24) is 0 Å². The van der Waals surface area contributed by atoms with Crippen LogP contribution in [0.4, 0.5) is 0 Å². The summed E-state index contributed by atoms with van der Waals surface area (Å²) in [6.45, 7) is 6.29. The molecule has 0 aromatic heterocycles. The van der Waals surface area contributed by atoms with Crippen LogP contribution in [0.25, 0.3) is 0 Å². The SMILES string of the molecule is CCOC(=O)C(C(=O)C(C)(C)C)S(=O)(=O)c1ccccc1. The Balaban J connectivity index is 3.38. The number of carbonyl (C=O) groups is 2. The molecule has 0 amide bonds. The van der Waals surface area contributed by atoms with Crippen LogP contribution in [-0.2, 0) is 24.2 Å². The summed E-state index contributed by atoms with van der Waals surface area (Å²) < 4.78 is 30.0. The maximum absolute atomic E-state index is 12.6. The van der Waals surface area contributed by atoms with Crippen molar-refractivity contribution < 1.29 is 22.7 Å². The maximum Gasteiger partial charge on any atom is 0.332 e. The van der Waals surface area contributed by atoms with Gasteiger partial charge in [-0.25, -0.2) is 8.42 Å². The van der Waals surface area contributed by atoms with Gasteiger partial charge in [0.05, 0.1) is 11.5 Å². The lowest BCUT2D eigenvalue weighted by Crippen LogP contribution is -2.44. The number of ketones is 1. The minimum absolute atomic E-state index is 0.0110. The van der Waals surface area contributed by atoms with Gasteiger partial charge in [0, 0.05) is 5.41 Å². The molecule has 21 heavy (non-hydrogen) atoms. The van der Waals surface area contributed by atoms with E-state index in [0.717, 1.165) is 0 Å². The van der Waals surface area contributed by atoms with Gasteiger partial charge in [-0.1, -0.05) is 39.0 Å². The van der Waals surface area contributed by atoms with Crippen molar-refractivity contribution in [3.8, 4) is 0 Å². The highest BCUT2D eigenvalue weighted by Gasteiger charge is 2.45. The molecule has 116 valence electrons. The first kappa shape index (κ1) is 17.4. The third-order valence-electron chi connectivity index (χ3n) is 2.86. The van der Waals surface area contributed by atoms with E-state index in [2.05, 4.69) is 0 Å².